The predicted molar refractivity (Wildman–Crippen MR) is 89.4 cm³/mol. The van der Waals surface area contributed by atoms with Crippen LogP contribution in [0.1, 0.15) is 45.7 Å². The van der Waals surface area contributed by atoms with Crippen molar-refractivity contribution in [3.63, 3.8) is 0 Å². The van der Waals surface area contributed by atoms with Crippen molar-refractivity contribution in [2.45, 2.75) is 46.2 Å². The Morgan fingerprint density at radius 2 is 1.85 bits per heavy atom. The van der Waals surface area contributed by atoms with E-state index in [1.165, 1.54) is 12.0 Å². The largest absolute Gasteiger partial charge is 0.316 e. The molecule has 0 aromatic heterocycles. The van der Waals surface area contributed by atoms with Gasteiger partial charge in [-0.25, -0.2) is 0 Å². The Bertz CT molecular complexity index is 394. The monoisotopic (exact) mass is 296 g/mol. The molecule has 114 valence electrons. The molecule has 0 aliphatic heterocycles. The zero-order valence-corrected chi connectivity index (χ0v) is 14.2. The van der Waals surface area contributed by atoms with Gasteiger partial charge in [0.25, 0.3) is 0 Å². The molecule has 0 aliphatic rings. The Balaban J connectivity index is 2.63. The Morgan fingerprint density at radius 1 is 1.20 bits per heavy atom. The molecule has 20 heavy (non-hydrogen) atoms. The normalized spacial score (nSPS) is 16.1. The third-order valence-corrected chi connectivity index (χ3v) is 4.67. The number of nitrogens with zero attached hydrogens (tertiary/aromatic N) is 1. The van der Waals surface area contributed by atoms with Crippen molar-refractivity contribution in [3.05, 3.63) is 34.9 Å². The summed E-state index contributed by atoms with van der Waals surface area (Å²) in [5, 5.41) is 4.37. The molecule has 3 atom stereocenters. The van der Waals surface area contributed by atoms with E-state index in [9.17, 15) is 0 Å². The third kappa shape index (κ3) is 4.76. The van der Waals surface area contributed by atoms with Gasteiger partial charge in [-0.15, -0.1) is 0 Å². The van der Waals surface area contributed by atoms with Gasteiger partial charge in [-0.2, -0.15) is 0 Å². The summed E-state index contributed by atoms with van der Waals surface area (Å²) >= 11 is 6.31. The molecule has 0 spiro atoms. The van der Waals surface area contributed by atoms with E-state index in [1.54, 1.807) is 0 Å². The fourth-order valence-corrected chi connectivity index (χ4v) is 2.76. The zero-order valence-electron chi connectivity index (χ0n) is 13.5. The van der Waals surface area contributed by atoms with Gasteiger partial charge < -0.3 is 5.32 Å². The Labute approximate surface area is 129 Å². The highest BCUT2D eigenvalue weighted by Crippen LogP contribution is 2.28. The number of nitrogens with one attached hydrogen (secondary N) is 1. The molecule has 0 saturated carbocycles. The number of halogens is 1. The molecule has 1 rings (SSSR count). The Hall–Kier alpha value is -0.570. The number of hydrogen-bond donors (Lipinski definition) is 1. The van der Waals surface area contributed by atoms with Gasteiger partial charge in [0.2, 0.25) is 0 Å². The van der Waals surface area contributed by atoms with Crippen LogP contribution in [-0.4, -0.2) is 31.1 Å². The molecule has 1 aromatic carbocycles. The molecule has 2 nitrogen and oxygen atoms in total. The second-order valence-electron chi connectivity index (χ2n) is 5.78. The maximum atomic E-state index is 6.31. The van der Waals surface area contributed by atoms with E-state index in [2.05, 4.69) is 57.1 Å². The first kappa shape index (κ1) is 17.5. The molecule has 0 saturated heterocycles. The first-order valence-corrected chi connectivity index (χ1v) is 8.03. The molecule has 0 heterocycles. The summed E-state index contributed by atoms with van der Waals surface area (Å²) in [4.78, 5) is 2.42. The highest BCUT2D eigenvalue weighted by atomic mass is 35.5. The maximum Gasteiger partial charge on any atom is 0.0453 e. The van der Waals surface area contributed by atoms with E-state index in [-0.39, 0.29) is 0 Å². The standard InChI is InChI=1S/C17H29ClN2/c1-6-11-19-12-13(2)14(3)20(5)15(4)16-9-7-8-10-17(16)18/h7-10,13-15,19H,6,11-12H2,1-5H3. The zero-order chi connectivity index (χ0) is 15.1. The van der Waals surface area contributed by atoms with E-state index < -0.39 is 0 Å². The summed E-state index contributed by atoms with van der Waals surface area (Å²) in [5.41, 5.74) is 1.21. The number of hydrogen-bond acceptors (Lipinski definition) is 2. The van der Waals surface area contributed by atoms with E-state index >= 15 is 0 Å². The highest BCUT2D eigenvalue weighted by Gasteiger charge is 2.23. The van der Waals surface area contributed by atoms with E-state index in [1.807, 2.05) is 12.1 Å². The minimum absolute atomic E-state index is 0.326. The first-order chi connectivity index (χ1) is 9.49. The van der Waals surface area contributed by atoms with Crippen LogP contribution in [0.25, 0.3) is 0 Å². The van der Waals surface area contributed by atoms with Crippen LogP contribution in [0.4, 0.5) is 0 Å². The molecule has 0 bridgehead atoms. The van der Waals surface area contributed by atoms with Crippen LogP contribution in [0.3, 0.4) is 0 Å². The topological polar surface area (TPSA) is 15.3 Å². The van der Waals surface area contributed by atoms with E-state index in [0.29, 0.717) is 18.0 Å². The number of benzene rings is 1. The van der Waals surface area contributed by atoms with Crippen LogP contribution < -0.4 is 5.32 Å². The van der Waals surface area contributed by atoms with Crippen molar-refractivity contribution in [1.29, 1.82) is 0 Å². The third-order valence-electron chi connectivity index (χ3n) is 4.33. The molecule has 0 radical (unpaired) electrons. The molecule has 3 unspecified atom stereocenters. The molecular formula is C17H29ClN2. The fourth-order valence-electron chi connectivity index (χ4n) is 2.46. The van der Waals surface area contributed by atoms with Crippen LogP contribution in [-0.2, 0) is 0 Å². The predicted octanol–water partition coefficient (Wildman–Crippen LogP) is 4.36. The average molecular weight is 297 g/mol. The maximum absolute atomic E-state index is 6.31. The van der Waals surface area contributed by atoms with Gasteiger partial charge in [0, 0.05) is 17.1 Å². The van der Waals surface area contributed by atoms with Gasteiger partial charge in [-0.1, -0.05) is 43.6 Å². The summed E-state index contributed by atoms with van der Waals surface area (Å²) in [5.74, 6) is 0.608. The van der Waals surface area contributed by atoms with Gasteiger partial charge in [-0.05, 0) is 58.0 Å². The highest BCUT2D eigenvalue weighted by molar-refractivity contribution is 6.31. The second-order valence-corrected chi connectivity index (χ2v) is 6.19. The van der Waals surface area contributed by atoms with Crippen molar-refractivity contribution in [2.24, 2.45) is 5.92 Å². The minimum Gasteiger partial charge on any atom is -0.316 e. The van der Waals surface area contributed by atoms with Gasteiger partial charge in [0.15, 0.2) is 0 Å². The van der Waals surface area contributed by atoms with Crippen LogP contribution in [0, 0.1) is 5.92 Å². The fraction of sp³-hybridized carbons (Fsp3) is 0.647. The Morgan fingerprint density at radius 3 is 2.45 bits per heavy atom. The molecule has 0 fully saturated rings. The molecule has 0 amide bonds. The first-order valence-electron chi connectivity index (χ1n) is 7.66. The van der Waals surface area contributed by atoms with Crippen molar-refractivity contribution in [1.82, 2.24) is 10.2 Å². The molecule has 1 N–H and O–H groups in total. The lowest BCUT2D eigenvalue weighted by atomic mass is 9.98. The average Bonchev–Trinajstić information content (AvgIpc) is 2.45. The van der Waals surface area contributed by atoms with Crippen LogP contribution in [0.15, 0.2) is 24.3 Å². The lowest BCUT2D eigenvalue weighted by Gasteiger charge is -2.35. The summed E-state index contributed by atoms with van der Waals surface area (Å²) in [6, 6.07) is 8.97. The summed E-state index contributed by atoms with van der Waals surface area (Å²) in [6.45, 7) is 11.2. The van der Waals surface area contributed by atoms with Gasteiger partial charge in [0.1, 0.15) is 0 Å². The van der Waals surface area contributed by atoms with Gasteiger partial charge >= 0.3 is 0 Å². The lowest BCUT2D eigenvalue weighted by Crippen LogP contribution is -2.40. The van der Waals surface area contributed by atoms with Crippen LogP contribution in [0.2, 0.25) is 5.02 Å². The quantitative estimate of drug-likeness (QED) is 0.717. The Kier molecular flexibility index (Phi) is 7.57. The van der Waals surface area contributed by atoms with Crippen molar-refractivity contribution >= 4 is 11.6 Å². The van der Waals surface area contributed by atoms with Crippen LogP contribution in [0.5, 0.6) is 0 Å². The minimum atomic E-state index is 0.326. The molecule has 0 aliphatic carbocycles. The number of rotatable bonds is 8. The van der Waals surface area contributed by atoms with Crippen LogP contribution >= 0.6 is 11.6 Å². The van der Waals surface area contributed by atoms with E-state index in [0.717, 1.165) is 18.1 Å². The molecule has 1 aromatic rings. The van der Waals surface area contributed by atoms with Crippen molar-refractivity contribution in [2.75, 3.05) is 20.1 Å². The lowest BCUT2D eigenvalue weighted by molar-refractivity contribution is 0.150. The van der Waals surface area contributed by atoms with Crippen molar-refractivity contribution < 1.29 is 0 Å². The second kappa shape index (κ2) is 8.66. The smallest absolute Gasteiger partial charge is 0.0453 e. The van der Waals surface area contributed by atoms with Gasteiger partial charge in [-0.3, -0.25) is 4.90 Å². The summed E-state index contributed by atoms with van der Waals surface area (Å²) in [7, 11) is 2.19. The molecule has 3 heteroatoms. The van der Waals surface area contributed by atoms with Crippen molar-refractivity contribution in [3.8, 4) is 0 Å². The molecular weight excluding hydrogens is 268 g/mol. The summed E-state index contributed by atoms with van der Waals surface area (Å²) in [6.07, 6.45) is 1.19. The van der Waals surface area contributed by atoms with Gasteiger partial charge in [0.05, 0.1) is 0 Å². The van der Waals surface area contributed by atoms with E-state index in [4.69, 9.17) is 11.6 Å². The summed E-state index contributed by atoms with van der Waals surface area (Å²) < 4.78 is 0. The SMILES string of the molecule is CCCNCC(C)C(C)N(C)C(C)c1ccccc1Cl.